The van der Waals surface area contributed by atoms with E-state index in [0.29, 0.717) is 12.2 Å². The molecule has 0 bridgehead atoms. The van der Waals surface area contributed by atoms with Crippen LogP contribution in [0.15, 0.2) is 43.0 Å². The van der Waals surface area contributed by atoms with Gasteiger partial charge < -0.3 is 50.5 Å². The van der Waals surface area contributed by atoms with Gasteiger partial charge in [-0.25, -0.2) is 0 Å². The molecule has 13 heteroatoms. The first-order chi connectivity index (χ1) is 19.4. The Morgan fingerprint density at radius 3 is 2.63 bits per heavy atom. The lowest BCUT2D eigenvalue weighted by molar-refractivity contribution is -0.274. The monoisotopic (exact) mass is 575 g/mol. The molecular formula is C28H37N3O10. The lowest BCUT2D eigenvalue weighted by Crippen LogP contribution is -2.60. The summed E-state index contributed by atoms with van der Waals surface area (Å²) in [6, 6.07) is 4.18. The van der Waals surface area contributed by atoms with E-state index in [1.54, 1.807) is 24.0 Å². The largest absolute Gasteiger partial charge is 0.394 e. The van der Waals surface area contributed by atoms with Gasteiger partial charge in [0.05, 0.1) is 18.3 Å². The van der Waals surface area contributed by atoms with Crippen molar-refractivity contribution in [1.29, 1.82) is 0 Å². The van der Waals surface area contributed by atoms with E-state index in [-0.39, 0.29) is 42.8 Å². The molecule has 8 atom stereocenters. The van der Waals surface area contributed by atoms with Crippen LogP contribution in [0.4, 0.5) is 11.4 Å². The van der Waals surface area contributed by atoms with E-state index in [1.807, 2.05) is 0 Å². The number of anilines is 2. The predicted octanol–water partition coefficient (Wildman–Crippen LogP) is -1.29. The zero-order valence-electron chi connectivity index (χ0n) is 22.7. The number of amides is 3. The first kappa shape index (κ1) is 30.8. The number of ether oxygens (including phenoxy) is 1. The molecule has 0 aliphatic carbocycles. The molecule has 2 fully saturated rings. The van der Waals surface area contributed by atoms with Crippen molar-refractivity contribution >= 4 is 29.1 Å². The maximum atomic E-state index is 13.5. The van der Waals surface area contributed by atoms with Crippen LogP contribution in [0.25, 0.3) is 0 Å². The summed E-state index contributed by atoms with van der Waals surface area (Å²) in [5.41, 5.74) is -1.36. The molecule has 0 aromatic heterocycles. The Kier molecular flexibility index (Phi) is 9.29. The Hall–Kier alpha value is -3.17. The minimum absolute atomic E-state index is 0.0283. The molecule has 0 radical (unpaired) electrons. The van der Waals surface area contributed by atoms with Crippen LogP contribution in [0.2, 0.25) is 0 Å². The molecule has 1 aromatic carbocycles. The molecule has 2 saturated heterocycles. The Labute approximate surface area is 236 Å². The summed E-state index contributed by atoms with van der Waals surface area (Å²) in [6.07, 6.45) is -2.84. The molecule has 0 unspecified atom stereocenters. The van der Waals surface area contributed by atoms with Crippen molar-refractivity contribution in [1.82, 2.24) is 4.90 Å². The first-order valence-corrected chi connectivity index (χ1v) is 13.5. The summed E-state index contributed by atoms with van der Waals surface area (Å²) in [5, 5.41) is 63.3. The Balaban J connectivity index is 1.55. The van der Waals surface area contributed by atoms with Gasteiger partial charge in [-0.2, -0.15) is 0 Å². The second kappa shape index (κ2) is 12.4. The second-order valence-electron chi connectivity index (χ2n) is 10.6. The number of nitrogens with zero attached hydrogens (tertiary/aromatic N) is 2. The zero-order chi connectivity index (χ0) is 30.1. The van der Waals surface area contributed by atoms with Crippen LogP contribution >= 0.6 is 0 Å². The van der Waals surface area contributed by atoms with Gasteiger partial charge in [-0.1, -0.05) is 25.2 Å². The highest BCUT2D eigenvalue weighted by molar-refractivity contribution is 6.08. The minimum atomic E-state index is -2.06. The van der Waals surface area contributed by atoms with Crippen molar-refractivity contribution in [2.75, 3.05) is 29.9 Å². The van der Waals surface area contributed by atoms with Gasteiger partial charge in [0.15, 0.2) is 18.0 Å². The highest BCUT2D eigenvalue weighted by Crippen LogP contribution is 2.46. The summed E-state index contributed by atoms with van der Waals surface area (Å²) in [6.45, 7) is 5.86. The lowest BCUT2D eigenvalue weighted by atomic mass is 9.82. The third-order valence-corrected chi connectivity index (χ3v) is 7.98. The number of nitrogens with one attached hydrogen (secondary N) is 1. The summed E-state index contributed by atoms with van der Waals surface area (Å²) in [4.78, 5) is 42.0. The number of fused-ring (bicyclic) bond motifs is 1. The fraction of sp³-hybridized carbons (Fsp3) is 0.536. The molecular weight excluding hydrogens is 538 g/mol. The van der Waals surface area contributed by atoms with Crippen LogP contribution in [-0.4, -0.2) is 110 Å². The highest BCUT2D eigenvalue weighted by Gasteiger charge is 2.52. The average Bonchev–Trinajstić information content (AvgIpc) is 3.52. The standard InChI is InChI=1S/C28H37N3O10/c1-3-11-31-19-10-9-16(29-25(37)24-22(35)21(34)23(36)26(38)41-24)13-18(19)28(40,27(31)39)15(2)6-4-8-20(33)30-12-5-7-17(30)14-32/h3-4,6,9-10,13,15,17,21-24,26,32,34-36,38,40H,1,5,7-8,11-12,14H2,2H3,(H,29,37)/b6-4+/t15-,17+,21+,22+,23-,24+,26-,28+/m1/s1. The van der Waals surface area contributed by atoms with E-state index in [9.17, 15) is 45.0 Å². The van der Waals surface area contributed by atoms with Gasteiger partial charge in [0.2, 0.25) is 5.91 Å². The number of aliphatic hydroxyl groups is 6. The quantitative estimate of drug-likeness (QED) is 0.174. The number of likely N-dealkylation sites (tertiary alicyclic amines) is 1. The van der Waals surface area contributed by atoms with Crippen molar-refractivity contribution < 1.29 is 49.8 Å². The molecule has 3 aliphatic heterocycles. The van der Waals surface area contributed by atoms with Crippen molar-refractivity contribution in [2.45, 2.75) is 68.5 Å². The normalized spacial score (nSPS) is 32.3. The molecule has 0 spiro atoms. The number of benzene rings is 1. The number of hydrogen-bond donors (Lipinski definition) is 7. The van der Waals surface area contributed by atoms with Crippen LogP contribution in [0.5, 0.6) is 0 Å². The molecule has 3 amide bonds. The number of rotatable bonds is 9. The van der Waals surface area contributed by atoms with E-state index in [4.69, 9.17) is 4.74 Å². The van der Waals surface area contributed by atoms with Gasteiger partial charge in [0.1, 0.15) is 18.3 Å². The summed E-state index contributed by atoms with van der Waals surface area (Å²) in [7, 11) is 0. The van der Waals surface area contributed by atoms with E-state index in [0.717, 1.165) is 12.8 Å². The van der Waals surface area contributed by atoms with Crippen LogP contribution in [0, 0.1) is 5.92 Å². The predicted molar refractivity (Wildman–Crippen MR) is 145 cm³/mol. The van der Waals surface area contributed by atoms with Crippen molar-refractivity contribution in [3.05, 3.63) is 48.6 Å². The summed E-state index contributed by atoms with van der Waals surface area (Å²) in [5.74, 6) is -2.52. The molecule has 7 N–H and O–H groups in total. The van der Waals surface area contributed by atoms with Crippen molar-refractivity contribution in [3.8, 4) is 0 Å². The average molecular weight is 576 g/mol. The lowest BCUT2D eigenvalue weighted by Gasteiger charge is -2.37. The Morgan fingerprint density at radius 1 is 1.22 bits per heavy atom. The second-order valence-corrected chi connectivity index (χ2v) is 10.6. The number of aliphatic hydroxyl groups excluding tert-OH is 5. The van der Waals surface area contributed by atoms with Gasteiger partial charge in [0, 0.05) is 36.7 Å². The summed E-state index contributed by atoms with van der Waals surface area (Å²) < 4.78 is 4.97. The van der Waals surface area contributed by atoms with Gasteiger partial charge in [0.25, 0.3) is 11.8 Å². The molecule has 4 rings (SSSR count). The van der Waals surface area contributed by atoms with Crippen LogP contribution < -0.4 is 10.2 Å². The van der Waals surface area contributed by atoms with Gasteiger partial charge in [-0.15, -0.1) is 6.58 Å². The molecule has 41 heavy (non-hydrogen) atoms. The van der Waals surface area contributed by atoms with Gasteiger partial charge in [-0.05, 0) is 31.0 Å². The maximum Gasteiger partial charge on any atom is 0.264 e. The van der Waals surface area contributed by atoms with Crippen LogP contribution in [0.1, 0.15) is 31.7 Å². The summed E-state index contributed by atoms with van der Waals surface area (Å²) >= 11 is 0. The van der Waals surface area contributed by atoms with Gasteiger partial charge in [-0.3, -0.25) is 14.4 Å². The highest BCUT2D eigenvalue weighted by atomic mass is 16.6. The van der Waals surface area contributed by atoms with Crippen molar-refractivity contribution in [2.24, 2.45) is 5.92 Å². The third-order valence-electron chi connectivity index (χ3n) is 7.98. The van der Waals surface area contributed by atoms with E-state index in [2.05, 4.69) is 11.9 Å². The smallest absolute Gasteiger partial charge is 0.264 e. The number of hydrogen-bond acceptors (Lipinski definition) is 10. The fourth-order valence-corrected chi connectivity index (χ4v) is 5.61. The Bertz CT molecular complexity index is 1210. The molecule has 3 heterocycles. The van der Waals surface area contributed by atoms with Crippen molar-refractivity contribution in [3.63, 3.8) is 0 Å². The van der Waals surface area contributed by atoms with Crippen LogP contribution in [0.3, 0.4) is 0 Å². The van der Waals surface area contributed by atoms with E-state index < -0.39 is 54.0 Å². The number of carbonyl (C=O) groups excluding carboxylic acids is 3. The third kappa shape index (κ3) is 5.66. The van der Waals surface area contributed by atoms with E-state index in [1.165, 1.54) is 29.2 Å². The molecule has 3 aliphatic rings. The molecule has 0 saturated carbocycles. The SMILES string of the molecule is C=CCN1C(=O)[C@](O)([C@H](C)/C=C/CC(=O)N2CCC[C@H]2CO)c2cc(NC(=O)[C@H]3O[C@@H](O)[C@H](O)[C@@H](O)[C@@H]3O)ccc21. The van der Waals surface area contributed by atoms with Gasteiger partial charge >= 0.3 is 0 Å². The van der Waals surface area contributed by atoms with E-state index >= 15 is 0 Å². The Morgan fingerprint density at radius 2 is 1.95 bits per heavy atom. The maximum absolute atomic E-state index is 13.5. The topological polar surface area (TPSA) is 200 Å². The van der Waals surface area contributed by atoms with Crippen LogP contribution in [-0.2, 0) is 24.7 Å². The first-order valence-electron chi connectivity index (χ1n) is 13.5. The minimum Gasteiger partial charge on any atom is -0.394 e. The molecule has 1 aromatic rings. The molecule has 224 valence electrons. The number of carbonyl (C=O) groups is 3. The zero-order valence-corrected chi connectivity index (χ0v) is 22.7. The fourth-order valence-electron chi connectivity index (χ4n) is 5.61. The molecule has 13 nitrogen and oxygen atoms in total.